The highest BCUT2D eigenvalue weighted by Gasteiger charge is 2.19. The average Bonchev–Trinajstić information content (AvgIpc) is 2.61. The van der Waals surface area contributed by atoms with Crippen molar-refractivity contribution in [1.82, 2.24) is 10.3 Å². The maximum atomic E-state index is 12.4. The van der Waals surface area contributed by atoms with Crippen molar-refractivity contribution in [3.05, 3.63) is 17.7 Å². The van der Waals surface area contributed by atoms with Crippen LogP contribution in [-0.2, 0) is 10.0 Å². The van der Waals surface area contributed by atoms with Gasteiger partial charge in [-0.25, -0.2) is 8.42 Å². The summed E-state index contributed by atoms with van der Waals surface area (Å²) in [6.45, 7) is 10.5. The number of hydrazine groups is 1. The maximum Gasteiger partial charge on any atom is 0.266 e. The number of benzene rings is 1. The first-order valence-electron chi connectivity index (χ1n) is 9.10. The SMILES string of the molecule is CCOc1cc(C(=O)NNS(=O)(=O)CCC(C)C)cc(OCC)c1OCC. The van der Waals surface area contributed by atoms with Crippen LogP contribution in [0, 0.1) is 5.92 Å². The fourth-order valence-electron chi connectivity index (χ4n) is 2.16. The third-order valence-corrected chi connectivity index (χ3v) is 4.64. The van der Waals surface area contributed by atoms with Crippen LogP contribution in [0.3, 0.4) is 0 Å². The van der Waals surface area contributed by atoms with Gasteiger partial charge in [-0.1, -0.05) is 13.8 Å². The number of nitrogens with one attached hydrogen (secondary N) is 2. The molecular formula is C18H30N2O6S. The molecule has 1 aromatic rings. The standard InChI is InChI=1S/C18H30N2O6S/c1-6-24-15-11-14(12-16(25-7-2)17(15)26-8-3)18(21)19-20-27(22,23)10-9-13(4)5/h11-13,20H,6-10H2,1-5H3,(H,19,21). The fraction of sp³-hybridized carbons (Fsp3) is 0.611. The molecule has 0 aliphatic rings. The molecule has 1 rings (SSSR count). The van der Waals surface area contributed by atoms with E-state index in [2.05, 4.69) is 10.3 Å². The van der Waals surface area contributed by atoms with E-state index in [1.165, 1.54) is 12.1 Å². The van der Waals surface area contributed by atoms with E-state index in [1.54, 1.807) is 0 Å². The van der Waals surface area contributed by atoms with E-state index in [9.17, 15) is 13.2 Å². The Kier molecular flexibility index (Phi) is 9.37. The Morgan fingerprint density at radius 3 is 1.96 bits per heavy atom. The zero-order valence-electron chi connectivity index (χ0n) is 16.6. The molecule has 0 bridgehead atoms. The van der Waals surface area contributed by atoms with Crippen LogP contribution in [0.5, 0.6) is 17.2 Å². The number of rotatable bonds is 12. The summed E-state index contributed by atoms with van der Waals surface area (Å²) in [5, 5.41) is 0. The third kappa shape index (κ3) is 7.64. The largest absolute Gasteiger partial charge is 0.490 e. The minimum atomic E-state index is -3.61. The first kappa shape index (κ1) is 23.0. The smallest absolute Gasteiger partial charge is 0.266 e. The van der Waals surface area contributed by atoms with Crippen LogP contribution >= 0.6 is 0 Å². The Hall–Kier alpha value is -2.00. The summed E-state index contributed by atoms with van der Waals surface area (Å²) < 4.78 is 40.6. The lowest BCUT2D eigenvalue weighted by atomic mass is 10.1. The van der Waals surface area contributed by atoms with Crippen molar-refractivity contribution in [3.63, 3.8) is 0 Å². The molecule has 1 aromatic carbocycles. The molecule has 0 saturated carbocycles. The molecule has 0 radical (unpaired) electrons. The molecule has 2 N–H and O–H groups in total. The summed E-state index contributed by atoms with van der Waals surface area (Å²) in [6.07, 6.45) is 0.497. The topological polar surface area (TPSA) is 103 Å². The normalized spacial score (nSPS) is 11.3. The Bertz CT molecular complexity index is 692. The quantitative estimate of drug-likeness (QED) is 0.521. The summed E-state index contributed by atoms with van der Waals surface area (Å²) in [5.41, 5.74) is 2.42. The van der Waals surface area contributed by atoms with Crippen molar-refractivity contribution >= 4 is 15.9 Å². The van der Waals surface area contributed by atoms with Crippen molar-refractivity contribution in [3.8, 4) is 17.2 Å². The van der Waals surface area contributed by atoms with Gasteiger partial charge in [0.1, 0.15) is 0 Å². The highest BCUT2D eigenvalue weighted by molar-refractivity contribution is 7.89. The van der Waals surface area contributed by atoms with Crippen LogP contribution in [0.25, 0.3) is 0 Å². The maximum absolute atomic E-state index is 12.4. The predicted molar refractivity (Wildman–Crippen MR) is 104 cm³/mol. The zero-order chi connectivity index (χ0) is 20.4. The van der Waals surface area contributed by atoms with Gasteiger partial charge in [-0.3, -0.25) is 10.2 Å². The summed E-state index contributed by atoms with van der Waals surface area (Å²) in [7, 11) is -3.61. The molecule has 0 fully saturated rings. The van der Waals surface area contributed by atoms with E-state index in [-0.39, 0.29) is 17.2 Å². The molecule has 0 unspecified atom stereocenters. The first-order valence-corrected chi connectivity index (χ1v) is 10.7. The highest BCUT2D eigenvalue weighted by atomic mass is 32.2. The van der Waals surface area contributed by atoms with Crippen molar-refractivity contribution in [2.75, 3.05) is 25.6 Å². The zero-order valence-corrected chi connectivity index (χ0v) is 17.4. The Labute approximate surface area is 161 Å². The molecule has 0 aliphatic heterocycles. The summed E-state index contributed by atoms with van der Waals surface area (Å²) in [5.74, 6) is 0.688. The number of ether oxygens (including phenoxy) is 3. The monoisotopic (exact) mass is 402 g/mol. The van der Waals surface area contributed by atoms with Gasteiger partial charge in [0.2, 0.25) is 15.8 Å². The molecule has 0 heterocycles. The molecule has 1 amide bonds. The average molecular weight is 403 g/mol. The molecule has 0 aromatic heterocycles. The van der Waals surface area contributed by atoms with Crippen molar-refractivity contribution < 1.29 is 27.4 Å². The molecule has 8 nitrogen and oxygen atoms in total. The Balaban J connectivity index is 3.01. The summed E-state index contributed by atoms with van der Waals surface area (Å²) in [6, 6.07) is 2.99. The van der Waals surface area contributed by atoms with Crippen molar-refractivity contribution in [2.45, 2.75) is 41.0 Å². The van der Waals surface area contributed by atoms with Gasteiger partial charge < -0.3 is 14.2 Å². The van der Waals surface area contributed by atoms with Crippen LogP contribution < -0.4 is 24.5 Å². The van der Waals surface area contributed by atoms with Crippen molar-refractivity contribution in [2.24, 2.45) is 5.92 Å². The molecule has 9 heteroatoms. The van der Waals surface area contributed by atoms with Crippen LogP contribution in [-0.4, -0.2) is 39.9 Å². The van der Waals surface area contributed by atoms with Crippen LogP contribution in [0.1, 0.15) is 51.4 Å². The summed E-state index contributed by atoms with van der Waals surface area (Å²) >= 11 is 0. The number of carbonyl (C=O) groups is 1. The molecule has 0 saturated heterocycles. The number of hydrogen-bond donors (Lipinski definition) is 2. The van der Waals surface area contributed by atoms with E-state index in [4.69, 9.17) is 14.2 Å². The predicted octanol–water partition coefficient (Wildman–Crippen LogP) is 2.49. The minimum Gasteiger partial charge on any atom is -0.490 e. The van der Waals surface area contributed by atoms with Gasteiger partial charge >= 0.3 is 0 Å². The van der Waals surface area contributed by atoms with Gasteiger partial charge in [0, 0.05) is 5.56 Å². The number of sulfonamides is 1. The molecule has 27 heavy (non-hydrogen) atoms. The van der Waals surface area contributed by atoms with Gasteiger partial charge in [0.05, 0.1) is 25.6 Å². The second kappa shape index (κ2) is 11.0. The second-order valence-electron chi connectivity index (χ2n) is 6.16. The van der Waals surface area contributed by atoms with E-state index in [1.807, 2.05) is 34.6 Å². The van der Waals surface area contributed by atoms with Crippen LogP contribution in [0.15, 0.2) is 12.1 Å². The van der Waals surface area contributed by atoms with Crippen LogP contribution in [0.2, 0.25) is 0 Å². The lowest BCUT2D eigenvalue weighted by Gasteiger charge is -2.17. The van der Waals surface area contributed by atoms with E-state index >= 15 is 0 Å². The fourth-order valence-corrected chi connectivity index (χ4v) is 3.29. The molecule has 0 aliphatic carbocycles. The third-order valence-electron chi connectivity index (χ3n) is 3.46. The number of carbonyl (C=O) groups excluding carboxylic acids is 1. The Morgan fingerprint density at radius 2 is 1.52 bits per heavy atom. The lowest BCUT2D eigenvalue weighted by Crippen LogP contribution is -2.42. The van der Waals surface area contributed by atoms with Gasteiger partial charge in [-0.05, 0) is 45.2 Å². The highest BCUT2D eigenvalue weighted by Crippen LogP contribution is 2.39. The lowest BCUT2D eigenvalue weighted by molar-refractivity contribution is 0.0944. The minimum absolute atomic E-state index is 0.0668. The van der Waals surface area contributed by atoms with Gasteiger partial charge in [-0.15, -0.1) is 4.83 Å². The van der Waals surface area contributed by atoms with Gasteiger partial charge in [0.25, 0.3) is 5.91 Å². The number of amides is 1. The van der Waals surface area contributed by atoms with E-state index in [0.29, 0.717) is 43.5 Å². The molecular weight excluding hydrogens is 372 g/mol. The summed E-state index contributed by atoms with van der Waals surface area (Å²) in [4.78, 5) is 14.5. The Morgan fingerprint density at radius 1 is 1.00 bits per heavy atom. The van der Waals surface area contributed by atoms with Crippen molar-refractivity contribution in [1.29, 1.82) is 0 Å². The molecule has 0 spiro atoms. The van der Waals surface area contributed by atoms with E-state index < -0.39 is 15.9 Å². The van der Waals surface area contributed by atoms with Gasteiger partial charge in [0.15, 0.2) is 11.5 Å². The second-order valence-corrected chi connectivity index (χ2v) is 8.00. The first-order chi connectivity index (χ1) is 12.7. The molecule has 154 valence electrons. The molecule has 0 atom stereocenters. The van der Waals surface area contributed by atoms with E-state index in [0.717, 1.165) is 0 Å². The van der Waals surface area contributed by atoms with Gasteiger partial charge in [-0.2, -0.15) is 0 Å². The van der Waals surface area contributed by atoms with Crippen LogP contribution in [0.4, 0.5) is 0 Å². The number of hydrogen-bond acceptors (Lipinski definition) is 6.